The third-order valence-corrected chi connectivity index (χ3v) is 1.25. The molecule has 0 atom stereocenters. The van der Waals surface area contributed by atoms with Gasteiger partial charge in [-0.05, 0) is 25.7 Å². The molecule has 0 spiro atoms. The molecule has 0 amide bonds. The van der Waals surface area contributed by atoms with Crippen LogP contribution >= 0.6 is 0 Å². The van der Waals surface area contributed by atoms with Crippen molar-refractivity contribution in [1.82, 2.24) is 0 Å². The lowest BCUT2D eigenvalue weighted by Crippen LogP contribution is -2.18. The number of rotatable bonds is 3. The zero-order valence-corrected chi connectivity index (χ0v) is 6.12. The number of carbonyl (C=O) groups excluding carboxylic acids is 1. The molecule has 0 aromatic heterocycles. The second-order valence-electron chi connectivity index (χ2n) is 2.10. The summed E-state index contributed by atoms with van der Waals surface area (Å²) in [5, 5.41) is 0. The Morgan fingerprint density at radius 3 is 2.64 bits per heavy atom. The van der Waals surface area contributed by atoms with Gasteiger partial charge in [-0.2, -0.15) is 0 Å². The highest BCUT2D eigenvalue weighted by Crippen LogP contribution is 2.23. The number of hydrogen-bond acceptors (Lipinski definition) is 3. The smallest absolute Gasteiger partial charge is 0.313 e. The summed E-state index contributed by atoms with van der Waals surface area (Å²) in [6.45, 7) is 0.649. The summed E-state index contributed by atoms with van der Waals surface area (Å²) in [6.07, 6.45) is 7.00. The van der Waals surface area contributed by atoms with Gasteiger partial charge in [0.05, 0.1) is 5.92 Å². The van der Waals surface area contributed by atoms with Crippen molar-refractivity contribution in [2.45, 2.75) is 0 Å². The first kappa shape index (κ1) is 8.53. The van der Waals surface area contributed by atoms with Gasteiger partial charge in [0.15, 0.2) is 0 Å². The minimum atomic E-state index is -0.305. The summed E-state index contributed by atoms with van der Waals surface area (Å²) < 4.78 is 4.77. The minimum absolute atomic E-state index is 0.282. The molecule has 0 aromatic carbocycles. The van der Waals surface area contributed by atoms with Crippen molar-refractivity contribution >= 4 is 5.97 Å². The Labute approximate surface area is 66.9 Å². The van der Waals surface area contributed by atoms with Gasteiger partial charge in [-0.15, -0.1) is 0 Å². The molecule has 5 radical (unpaired) electrons. The molecule has 0 aromatic rings. The summed E-state index contributed by atoms with van der Waals surface area (Å²) in [5.41, 5.74) is 5.15. The Morgan fingerprint density at radius 1 is 1.45 bits per heavy atom. The van der Waals surface area contributed by atoms with Crippen molar-refractivity contribution in [3.63, 3.8) is 0 Å². The summed E-state index contributed by atoms with van der Waals surface area (Å²) in [6, 6.07) is 0. The number of esters is 1. The van der Waals surface area contributed by atoms with Crippen LogP contribution in [0.2, 0.25) is 0 Å². The Bertz CT molecular complexity index is 130. The first-order chi connectivity index (χ1) is 5.34. The van der Waals surface area contributed by atoms with Crippen molar-refractivity contribution in [2.75, 3.05) is 13.2 Å². The van der Waals surface area contributed by atoms with Crippen LogP contribution in [0.3, 0.4) is 0 Å². The number of ether oxygens (including phenoxy) is 1. The van der Waals surface area contributed by atoms with Crippen LogP contribution in [0, 0.1) is 31.6 Å². The van der Waals surface area contributed by atoms with E-state index >= 15 is 0 Å². The van der Waals surface area contributed by atoms with E-state index in [-0.39, 0.29) is 12.6 Å². The van der Waals surface area contributed by atoms with Gasteiger partial charge in [0, 0.05) is 6.54 Å². The lowest BCUT2D eigenvalue weighted by atomic mass is 10.1. The van der Waals surface area contributed by atoms with Gasteiger partial charge in [-0.3, -0.25) is 4.79 Å². The maximum absolute atomic E-state index is 11.0. The van der Waals surface area contributed by atoms with Crippen molar-refractivity contribution in [2.24, 2.45) is 5.73 Å². The fourth-order valence-corrected chi connectivity index (χ4v) is 0.745. The third kappa shape index (κ3) is 2.50. The monoisotopic (exact) mass is 152 g/mol. The largest absolute Gasteiger partial charge is 0.464 e. The van der Waals surface area contributed by atoms with E-state index < -0.39 is 0 Å². The first-order valence-electron chi connectivity index (χ1n) is 3.43. The Morgan fingerprint density at radius 2 is 2.09 bits per heavy atom. The van der Waals surface area contributed by atoms with E-state index in [1.807, 2.05) is 0 Å². The van der Waals surface area contributed by atoms with E-state index in [1.54, 1.807) is 25.7 Å². The molecule has 2 N–H and O–H groups in total. The molecular formula is C8H10NO2. The normalized spacial score (nSPS) is 18.6. The molecule has 11 heavy (non-hydrogen) atoms. The lowest BCUT2D eigenvalue weighted by molar-refractivity contribution is -0.140. The Hall–Kier alpha value is -0.570. The van der Waals surface area contributed by atoms with Gasteiger partial charge >= 0.3 is 5.97 Å². The zero-order chi connectivity index (χ0) is 8.10. The van der Waals surface area contributed by atoms with Crippen LogP contribution < -0.4 is 5.73 Å². The van der Waals surface area contributed by atoms with Crippen LogP contribution in [-0.2, 0) is 9.53 Å². The summed E-state index contributed by atoms with van der Waals surface area (Å²) in [4.78, 5) is 11.0. The minimum Gasteiger partial charge on any atom is -0.464 e. The zero-order valence-electron chi connectivity index (χ0n) is 6.12. The van der Waals surface area contributed by atoms with Crippen LogP contribution in [0.15, 0.2) is 0 Å². The van der Waals surface area contributed by atoms with Crippen LogP contribution in [-0.4, -0.2) is 19.1 Å². The van der Waals surface area contributed by atoms with Crippen molar-refractivity contribution in [3.05, 3.63) is 31.6 Å². The van der Waals surface area contributed by atoms with Crippen molar-refractivity contribution in [3.8, 4) is 0 Å². The maximum Gasteiger partial charge on any atom is 0.313 e. The second-order valence-corrected chi connectivity index (χ2v) is 2.10. The quantitative estimate of drug-likeness (QED) is 0.574. The van der Waals surface area contributed by atoms with Crippen LogP contribution in [0.25, 0.3) is 0 Å². The molecule has 3 heteroatoms. The molecule has 0 unspecified atom stereocenters. The van der Waals surface area contributed by atoms with E-state index in [1.165, 1.54) is 0 Å². The second kappa shape index (κ2) is 4.34. The van der Waals surface area contributed by atoms with Gasteiger partial charge < -0.3 is 10.5 Å². The van der Waals surface area contributed by atoms with E-state index in [2.05, 4.69) is 0 Å². The van der Waals surface area contributed by atoms with Crippen LogP contribution in [0.5, 0.6) is 0 Å². The molecule has 1 rings (SSSR count). The molecule has 59 valence electrons. The van der Waals surface area contributed by atoms with E-state index in [0.29, 0.717) is 12.5 Å². The molecule has 1 aliphatic rings. The fraction of sp³-hybridized carbons (Fsp3) is 0.250. The first-order valence-corrected chi connectivity index (χ1v) is 3.43. The molecule has 1 aliphatic carbocycles. The highest BCUT2D eigenvalue weighted by molar-refractivity contribution is 5.91. The maximum atomic E-state index is 11.0. The molecule has 3 nitrogen and oxygen atoms in total. The van der Waals surface area contributed by atoms with E-state index in [9.17, 15) is 4.79 Å². The standard InChI is InChI=1S/C8H10NO2/c9-5-6-11-8(10)7-3-1-2-4-7/h1-4H,5-6,9H2. The van der Waals surface area contributed by atoms with E-state index in [4.69, 9.17) is 10.5 Å². The van der Waals surface area contributed by atoms with Gasteiger partial charge in [-0.1, -0.05) is 0 Å². The number of carbonyl (C=O) groups is 1. The predicted molar refractivity (Wildman–Crippen MR) is 40.5 cm³/mol. The van der Waals surface area contributed by atoms with Crippen LogP contribution in [0.1, 0.15) is 0 Å². The molecule has 1 saturated carbocycles. The van der Waals surface area contributed by atoms with Gasteiger partial charge in [0.25, 0.3) is 0 Å². The molecule has 1 fully saturated rings. The lowest BCUT2D eigenvalue weighted by Gasteiger charge is -2.06. The predicted octanol–water partition coefficient (Wildman–Crippen LogP) is -0.106. The van der Waals surface area contributed by atoms with Crippen molar-refractivity contribution in [1.29, 1.82) is 0 Å². The molecular weight excluding hydrogens is 142 g/mol. The number of nitrogens with two attached hydrogens (primary N) is 1. The number of hydrogen-bond donors (Lipinski definition) is 1. The van der Waals surface area contributed by atoms with Crippen molar-refractivity contribution < 1.29 is 9.53 Å². The average Bonchev–Trinajstić information content (AvgIpc) is 2.52. The molecule has 0 bridgehead atoms. The highest BCUT2D eigenvalue weighted by atomic mass is 16.5. The Balaban J connectivity index is 2.17. The summed E-state index contributed by atoms with van der Waals surface area (Å²) in [7, 11) is 0. The van der Waals surface area contributed by atoms with Gasteiger partial charge in [0.2, 0.25) is 0 Å². The molecule has 0 heterocycles. The van der Waals surface area contributed by atoms with E-state index in [0.717, 1.165) is 0 Å². The SMILES string of the molecule is NCCOC(=O)[C]1[CH][CH][CH][CH]1. The summed E-state index contributed by atoms with van der Waals surface area (Å²) in [5.74, 6) is 0.277. The highest BCUT2D eigenvalue weighted by Gasteiger charge is 2.25. The fourth-order valence-electron chi connectivity index (χ4n) is 0.745. The Kier molecular flexibility index (Phi) is 3.36. The third-order valence-electron chi connectivity index (χ3n) is 1.25. The molecule has 0 aliphatic heterocycles. The topological polar surface area (TPSA) is 52.3 Å². The van der Waals surface area contributed by atoms with Crippen LogP contribution in [0.4, 0.5) is 0 Å². The van der Waals surface area contributed by atoms with Gasteiger partial charge in [-0.25, -0.2) is 0 Å². The van der Waals surface area contributed by atoms with Gasteiger partial charge in [0.1, 0.15) is 6.61 Å². The average molecular weight is 152 g/mol. The summed E-state index contributed by atoms with van der Waals surface area (Å²) >= 11 is 0. The molecule has 0 saturated heterocycles.